The smallest absolute Gasteiger partial charge is 0.308 e. The second-order valence-electron chi connectivity index (χ2n) is 6.09. The molecule has 1 atom stereocenters. The van der Waals surface area contributed by atoms with E-state index in [0.29, 0.717) is 0 Å². The second kappa shape index (κ2) is 6.86. The van der Waals surface area contributed by atoms with Gasteiger partial charge in [0.15, 0.2) is 6.61 Å². The van der Waals surface area contributed by atoms with Crippen LogP contribution in [0, 0.1) is 0 Å². The van der Waals surface area contributed by atoms with Crippen LogP contribution in [0.3, 0.4) is 0 Å². The number of amides is 2. The van der Waals surface area contributed by atoms with Gasteiger partial charge in [0.05, 0.1) is 12.5 Å². The van der Waals surface area contributed by atoms with E-state index in [4.69, 9.17) is 4.74 Å². The molecule has 1 aromatic rings. The molecule has 0 unspecified atom stereocenters. The van der Waals surface area contributed by atoms with Gasteiger partial charge in [-0.2, -0.15) is 0 Å². The van der Waals surface area contributed by atoms with Crippen LogP contribution in [0.4, 0.5) is 0 Å². The van der Waals surface area contributed by atoms with Crippen molar-refractivity contribution >= 4 is 23.9 Å². The average molecular weight is 328 g/mol. The number of carbonyl (C=O) groups excluding carboxylic acids is 3. The SMILES string of the molecule is CC(=O)N1C=Cc2ccccc2[C@@H]1CC(=O)OCC(=O)NC1CC1. The van der Waals surface area contributed by atoms with Gasteiger partial charge < -0.3 is 15.0 Å². The zero-order valence-corrected chi connectivity index (χ0v) is 13.5. The van der Waals surface area contributed by atoms with Gasteiger partial charge in [-0.3, -0.25) is 14.4 Å². The Morgan fingerprint density at radius 3 is 2.71 bits per heavy atom. The highest BCUT2D eigenvalue weighted by Crippen LogP contribution is 2.33. The van der Waals surface area contributed by atoms with Crippen LogP contribution in [0.5, 0.6) is 0 Å². The Bertz CT molecular complexity index is 694. The van der Waals surface area contributed by atoms with Crippen LogP contribution in [-0.4, -0.2) is 35.3 Å². The summed E-state index contributed by atoms with van der Waals surface area (Å²) < 4.78 is 5.07. The van der Waals surface area contributed by atoms with E-state index in [0.717, 1.165) is 24.0 Å². The molecule has 1 N–H and O–H groups in total. The highest BCUT2D eigenvalue weighted by atomic mass is 16.5. The van der Waals surface area contributed by atoms with Gasteiger partial charge in [0.2, 0.25) is 5.91 Å². The first-order valence-corrected chi connectivity index (χ1v) is 8.05. The number of rotatable bonds is 5. The maximum atomic E-state index is 12.1. The van der Waals surface area contributed by atoms with Crippen molar-refractivity contribution in [3.8, 4) is 0 Å². The summed E-state index contributed by atoms with van der Waals surface area (Å²) in [5.41, 5.74) is 1.87. The molecule has 2 aliphatic rings. The first-order valence-electron chi connectivity index (χ1n) is 8.05. The standard InChI is InChI=1S/C18H20N2O4/c1-12(21)20-9-8-13-4-2-3-5-15(13)16(20)10-18(23)24-11-17(22)19-14-6-7-14/h2-5,8-9,14,16H,6-7,10-11H2,1H3,(H,19,22)/t16-/m0/s1. The quantitative estimate of drug-likeness (QED) is 0.836. The van der Waals surface area contributed by atoms with Crippen LogP contribution in [0.15, 0.2) is 30.5 Å². The average Bonchev–Trinajstić information content (AvgIpc) is 3.37. The van der Waals surface area contributed by atoms with Crippen molar-refractivity contribution < 1.29 is 19.1 Å². The summed E-state index contributed by atoms with van der Waals surface area (Å²) in [5, 5.41) is 2.76. The molecule has 0 aromatic heterocycles. The molecule has 0 radical (unpaired) electrons. The Labute approximate surface area is 140 Å². The van der Waals surface area contributed by atoms with Gasteiger partial charge in [0.25, 0.3) is 5.91 Å². The van der Waals surface area contributed by atoms with Crippen LogP contribution in [0.25, 0.3) is 6.08 Å². The van der Waals surface area contributed by atoms with Crippen molar-refractivity contribution in [3.63, 3.8) is 0 Å². The third-order valence-electron chi connectivity index (χ3n) is 4.14. The Hall–Kier alpha value is -2.63. The van der Waals surface area contributed by atoms with Gasteiger partial charge in [0.1, 0.15) is 0 Å². The summed E-state index contributed by atoms with van der Waals surface area (Å²) in [5.74, 6) is -0.925. The van der Waals surface area contributed by atoms with Crippen molar-refractivity contribution in [1.82, 2.24) is 10.2 Å². The van der Waals surface area contributed by atoms with Gasteiger partial charge in [-0.05, 0) is 30.0 Å². The number of hydrogen-bond donors (Lipinski definition) is 1. The van der Waals surface area contributed by atoms with E-state index >= 15 is 0 Å². The largest absolute Gasteiger partial charge is 0.456 e. The summed E-state index contributed by atoms with van der Waals surface area (Å²) in [6.45, 7) is 1.18. The van der Waals surface area contributed by atoms with Crippen LogP contribution in [-0.2, 0) is 19.1 Å². The molecule has 126 valence electrons. The summed E-state index contributed by atoms with van der Waals surface area (Å²) in [4.78, 5) is 37.1. The third-order valence-corrected chi connectivity index (χ3v) is 4.14. The fourth-order valence-electron chi connectivity index (χ4n) is 2.77. The van der Waals surface area contributed by atoms with E-state index in [1.807, 2.05) is 30.3 Å². The number of esters is 1. The van der Waals surface area contributed by atoms with E-state index in [-0.39, 0.29) is 30.9 Å². The molecule has 1 heterocycles. The molecule has 0 bridgehead atoms. The summed E-state index contributed by atoms with van der Waals surface area (Å²) in [6, 6.07) is 7.43. The van der Waals surface area contributed by atoms with Crippen molar-refractivity contribution in [2.24, 2.45) is 0 Å². The summed E-state index contributed by atoms with van der Waals surface area (Å²) in [6.07, 6.45) is 5.51. The van der Waals surface area contributed by atoms with Crippen molar-refractivity contribution in [1.29, 1.82) is 0 Å². The van der Waals surface area contributed by atoms with E-state index < -0.39 is 12.0 Å². The normalized spacial score (nSPS) is 18.7. The predicted octanol–water partition coefficient (Wildman–Crippen LogP) is 1.77. The van der Waals surface area contributed by atoms with Crippen molar-refractivity contribution in [2.75, 3.05) is 6.61 Å². The molecule has 1 aromatic carbocycles. The third kappa shape index (κ3) is 3.82. The molecule has 6 nitrogen and oxygen atoms in total. The molecule has 1 aliphatic heterocycles. The molecule has 1 aliphatic carbocycles. The molecular weight excluding hydrogens is 308 g/mol. The van der Waals surface area contributed by atoms with Gasteiger partial charge in [-0.1, -0.05) is 24.3 Å². The monoisotopic (exact) mass is 328 g/mol. The number of hydrogen-bond acceptors (Lipinski definition) is 4. The van der Waals surface area contributed by atoms with Crippen LogP contribution >= 0.6 is 0 Å². The summed E-state index contributed by atoms with van der Waals surface area (Å²) >= 11 is 0. The maximum Gasteiger partial charge on any atom is 0.308 e. The number of ether oxygens (including phenoxy) is 1. The highest BCUT2D eigenvalue weighted by molar-refractivity contribution is 5.82. The van der Waals surface area contributed by atoms with Gasteiger partial charge in [-0.15, -0.1) is 0 Å². The Morgan fingerprint density at radius 1 is 1.25 bits per heavy atom. The first-order chi connectivity index (χ1) is 11.5. The van der Waals surface area contributed by atoms with Gasteiger partial charge in [-0.25, -0.2) is 0 Å². The van der Waals surface area contributed by atoms with Crippen molar-refractivity contribution in [3.05, 3.63) is 41.6 Å². The summed E-state index contributed by atoms with van der Waals surface area (Å²) in [7, 11) is 0. The number of fused-ring (bicyclic) bond motifs is 1. The number of benzene rings is 1. The number of nitrogens with zero attached hydrogens (tertiary/aromatic N) is 1. The lowest BCUT2D eigenvalue weighted by atomic mass is 9.94. The molecule has 24 heavy (non-hydrogen) atoms. The maximum absolute atomic E-state index is 12.1. The second-order valence-corrected chi connectivity index (χ2v) is 6.09. The molecule has 0 spiro atoms. The lowest BCUT2D eigenvalue weighted by molar-refractivity contribution is -0.150. The van der Waals surface area contributed by atoms with Crippen LogP contribution < -0.4 is 5.32 Å². The number of carbonyl (C=O) groups is 3. The van der Waals surface area contributed by atoms with E-state index in [1.165, 1.54) is 11.8 Å². The minimum atomic E-state index is -0.498. The minimum Gasteiger partial charge on any atom is -0.456 e. The predicted molar refractivity (Wildman–Crippen MR) is 87.5 cm³/mol. The van der Waals surface area contributed by atoms with Gasteiger partial charge >= 0.3 is 5.97 Å². The topological polar surface area (TPSA) is 75.7 Å². The first kappa shape index (κ1) is 16.2. The molecule has 1 fully saturated rings. The zero-order chi connectivity index (χ0) is 17.1. The van der Waals surface area contributed by atoms with Gasteiger partial charge in [0, 0.05) is 19.2 Å². The fraction of sp³-hybridized carbons (Fsp3) is 0.389. The molecular formula is C18H20N2O4. The molecule has 1 saturated carbocycles. The zero-order valence-electron chi connectivity index (χ0n) is 13.5. The van der Waals surface area contributed by atoms with E-state index in [1.54, 1.807) is 6.20 Å². The molecule has 2 amide bonds. The fourth-order valence-corrected chi connectivity index (χ4v) is 2.77. The Balaban J connectivity index is 1.64. The van der Waals surface area contributed by atoms with E-state index in [2.05, 4.69) is 5.32 Å². The minimum absolute atomic E-state index is 0.0115. The Kier molecular flexibility index (Phi) is 4.64. The van der Waals surface area contributed by atoms with E-state index in [9.17, 15) is 14.4 Å². The number of nitrogens with one attached hydrogen (secondary N) is 1. The van der Waals surface area contributed by atoms with Crippen molar-refractivity contribution in [2.45, 2.75) is 38.3 Å². The lowest BCUT2D eigenvalue weighted by Gasteiger charge is -2.32. The van der Waals surface area contributed by atoms with Crippen LogP contribution in [0.2, 0.25) is 0 Å². The Morgan fingerprint density at radius 2 is 2.00 bits per heavy atom. The highest BCUT2D eigenvalue weighted by Gasteiger charge is 2.29. The molecule has 6 heteroatoms. The molecule has 3 rings (SSSR count). The van der Waals surface area contributed by atoms with Crippen LogP contribution in [0.1, 0.15) is 43.4 Å². The molecule has 0 saturated heterocycles. The lowest BCUT2D eigenvalue weighted by Crippen LogP contribution is -2.34.